The van der Waals surface area contributed by atoms with Crippen LogP contribution in [0.25, 0.3) is 106 Å². The molecule has 0 amide bonds. The summed E-state index contributed by atoms with van der Waals surface area (Å²) in [5, 5.41) is 1.84. The van der Waals surface area contributed by atoms with E-state index in [0.29, 0.717) is 50.7 Å². The second-order valence-corrected chi connectivity index (χ2v) is 19.6. The Morgan fingerprint density at radius 2 is 0.720 bits per heavy atom. The van der Waals surface area contributed by atoms with Gasteiger partial charge in [0, 0.05) is 38.6 Å². The van der Waals surface area contributed by atoms with Crippen molar-refractivity contribution in [1.29, 1.82) is 0 Å². The van der Waals surface area contributed by atoms with Crippen LogP contribution in [0.1, 0.15) is 44.5 Å². The number of nitrogens with zero attached hydrogens (tertiary/aromatic N) is 3. The zero-order valence-corrected chi connectivity index (χ0v) is 42.0. The minimum atomic E-state index is -4.61. The Bertz CT molecular complexity index is 3700. The number of hydrogen-bond donors (Lipinski definition) is 0. The highest BCUT2D eigenvalue weighted by Gasteiger charge is 2.32. The summed E-state index contributed by atoms with van der Waals surface area (Å²) in [7, 11) is 0. The Kier molecular flexibility index (Phi) is 12.2. The standard InChI is InChI=1S/C66H49F6N3/c1-38-29-40(3)61(41(4)30-38)48-21-27-59-55(33-48)56-34-49(62-42(5)31-39(2)32-43(62)6)22-28-60(56)75(59)63-53(44-17-23-51(24-18-44)65(67,68)69)35-50(36-54(63)45-19-25-52(26-20-45)66(70,71)72)58-37-57(46-13-9-7-10-14-46)73-64(74-58)47-15-11-8-12-16-47/h7-37H,1-6H3. The van der Waals surface area contributed by atoms with Gasteiger partial charge in [-0.2, -0.15) is 26.3 Å². The molecule has 2 heterocycles. The molecule has 9 aromatic carbocycles. The van der Waals surface area contributed by atoms with Crippen LogP contribution < -0.4 is 0 Å². The molecule has 370 valence electrons. The van der Waals surface area contributed by atoms with Crippen LogP contribution in [0.15, 0.2) is 188 Å². The maximum Gasteiger partial charge on any atom is 0.416 e. The first-order valence-electron chi connectivity index (χ1n) is 24.7. The number of rotatable bonds is 8. The van der Waals surface area contributed by atoms with E-state index < -0.39 is 23.5 Å². The summed E-state index contributed by atoms with van der Waals surface area (Å²) in [6.07, 6.45) is -9.22. The Morgan fingerprint density at radius 1 is 0.347 bits per heavy atom. The van der Waals surface area contributed by atoms with Gasteiger partial charge in [0.2, 0.25) is 0 Å². The third kappa shape index (κ3) is 9.17. The largest absolute Gasteiger partial charge is 0.416 e. The van der Waals surface area contributed by atoms with Gasteiger partial charge in [0.05, 0.1) is 39.2 Å². The third-order valence-corrected chi connectivity index (χ3v) is 14.2. The van der Waals surface area contributed by atoms with Crippen LogP contribution in [0.2, 0.25) is 0 Å². The molecule has 0 radical (unpaired) electrons. The molecule has 75 heavy (non-hydrogen) atoms. The van der Waals surface area contributed by atoms with E-state index in [4.69, 9.17) is 9.97 Å². The van der Waals surface area contributed by atoms with E-state index in [9.17, 15) is 26.3 Å². The Morgan fingerprint density at radius 3 is 1.12 bits per heavy atom. The molecule has 0 atom stereocenters. The van der Waals surface area contributed by atoms with Gasteiger partial charge in [-0.25, -0.2) is 9.97 Å². The monoisotopic (exact) mass is 997 g/mol. The van der Waals surface area contributed by atoms with Crippen molar-refractivity contribution in [3.05, 3.63) is 233 Å². The van der Waals surface area contributed by atoms with Crippen molar-refractivity contribution in [3.8, 4) is 84.1 Å². The van der Waals surface area contributed by atoms with Gasteiger partial charge in [0.25, 0.3) is 0 Å². The van der Waals surface area contributed by atoms with E-state index >= 15 is 0 Å². The molecule has 0 aliphatic carbocycles. The highest BCUT2D eigenvalue weighted by Crippen LogP contribution is 2.47. The Labute approximate surface area is 431 Å². The molecule has 11 aromatic rings. The van der Waals surface area contributed by atoms with Gasteiger partial charge in [-0.3, -0.25) is 0 Å². The molecular formula is C66H49F6N3. The predicted octanol–water partition coefficient (Wildman–Crippen LogP) is 19.1. The fraction of sp³-hybridized carbons (Fsp3) is 0.121. The molecule has 0 N–H and O–H groups in total. The van der Waals surface area contributed by atoms with Gasteiger partial charge in [-0.15, -0.1) is 0 Å². The van der Waals surface area contributed by atoms with Crippen molar-refractivity contribution in [2.45, 2.75) is 53.9 Å². The zero-order chi connectivity index (χ0) is 52.5. The summed E-state index contributed by atoms with van der Waals surface area (Å²) in [4.78, 5) is 10.2. The summed E-state index contributed by atoms with van der Waals surface area (Å²) in [6.45, 7) is 12.6. The van der Waals surface area contributed by atoms with Crippen molar-refractivity contribution >= 4 is 21.8 Å². The van der Waals surface area contributed by atoms with Gasteiger partial charge in [0.15, 0.2) is 5.82 Å². The predicted molar refractivity (Wildman–Crippen MR) is 293 cm³/mol. The first-order valence-corrected chi connectivity index (χ1v) is 24.7. The van der Waals surface area contributed by atoms with E-state index in [2.05, 4.69) is 107 Å². The second kappa shape index (κ2) is 18.7. The van der Waals surface area contributed by atoms with Crippen LogP contribution in [0.4, 0.5) is 26.3 Å². The lowest BCUT2D eigenvalue weighted by Crippen LogP contribution is -2.06. The van der Waals surface area contributed by atoms with Crippen LogP contribution in [0, 0.1) is 41.5 Å². The normalized spacial score (nSPS) is 12.0. The quantitative estimate of drug-likeness (QED) is 0.142. The van der Waals surface area contributed by atoms with Crippen LogP contribution in [0.5, 0.6) is 0 Å². The lowest BCUT2D eigenvalue weighted by molar-refractivity contribution is -0.138. The molecule has 9 heteroatoms. The maximum absolute atomic E-state index is 14.4. The summed E-state index contributed by atoms with van der Waals surface area (Å²) in [6, 6.07) is 56.5. The number of hydrogen-bond acceptors (Lipinski definition) is 2. The van der Waals surface area contributed by atoms with E-state index in [-0.39, 0.29) is 0 Å². The fourth-order valence-corrected chi connectivity index (χ4v) is 11.1. The van der Waals surface area contributed by atoms with Crippen LogP contribution in [0.3, 0.4) is 0 Å². The number of aromatic nitrogens is 3. The number of benzene rings is 9. The van der Waals surface area contributed by atoms with E-state index in [1.54, 1.807) is 0 Å². The molecule has 0 unspecified atom stereocenters. The minimum Gasteiger partial charge on any atom is -0.308 e. The van der Waals surface area contributed by atoms with Gasteiger partial charge >= 0.3 is 12.4 Å². The van der Waals surface area contributed by atoms with Gasteiger partial charge in [0.1, 0.15) is 0 Å². The zero-order valence-electron chi connectivity index (χ0n) is 42.0. The van der Waals surface area contributed by atoms with Crippen LogP contribution in [-0.4, -0.2) is 14.5 Å². The lowest BCUT2D eigenvalue weighted by Gasteiger charge is -2.22. The first kappa shape index (κ1) is 48.7. The van der Waals surface area contributed by atoms with E-state index in [1.807, 2.05) is 78.9 Å². The van der Waals surface area contributed by atoms with Crippen molar-refractivity contribution in [2.75, 3.05) is 0 Å². The Hall–Kier alpha value is -8.56. The summed E-state index contributed by atoms with van der Waals surface area (Å²) in [5.41, 5.74) is 16.8. The third-order valence-electron chi connectivity index (χ3n) is 14.2. The number of fused-ring (bicyclic) bond motifs is 3. The number of halogens is 6. The van der Waals surface area contributed by atoms with E-state index in [1.165, 1.54) is 24.3 Å². The highest BCUT2D eigenvalue weighted by atomic mass is 19.4. The van der Waals surface area contributed by atoms with Crippen molar-refractivity contribution in [1.82, 2.24) is 14.5 Å². The summed E-state index contributed by atoms with van der Waals surface area (Å²) >= 11 is 0. The smallest absolute Gasteiger partial charge is 0.308 e. The Balaban J connectivity index is 1.28. The van der Waals surface area contributed by atoms with Crippen LogP contribution in [-0.2, 0) is 12.4 Å². The molecule has 11 rings (SSSR count). The minimum absolute atomic E-state index is 0.440. The molecule has 2 aromatic heterocycles. The molecular weight excluding hydrogens is 949 g/mol. The van der Waals surface area contributed by atoms with Crippen LogP contribution >= 0.6 is 0 Å². The molecule has 0 bridgehead atoms. The average molecular weight is 998 g/mol. The van der Waals surface area contributed by atoms with Crippen molar-refractivity contribution < 1.29 is 26.3 Å². The number of aryl methyl sites for hydroxylation is 6. The summed E-state index contributed by atoms with van der Waals surface area (Å²) in [5.74, 6) is 0.440. The molecule has 0 saturated heterocycles. The SMILES string of the molecule is Cc1cc(C)c(-c2ccc3c(c2)c2cc(-c4c(C)cc(C)cc4C)ccc2n3-c2c(-c3ccc(C(F)(F)F)cc3)cc(-c3cc(-c4ccccc4)nc(-c4ccccc4)n3)cc2-c2ccc(C(F)(F)F)cc2)c(C)c1. The maximum atomic E-state index is 14.4. The lowest BCUT2D eigenvalue weighted by atomic mass is 9.90. The summed E-state index contributed by atoms with van der Waals surface area (Å²) < 4.78 is 88.3. The van der Waals surface area contributed by atoms with Crippen molar-refractivity contribution in [2.24, 2.45) is 0 Å². The molecule has 0 saturated carbocycles. The average Bonchev–Trinajstić information content (AvgIpc) is 3.73. The first-order chi connectivity index (χ1) is 35.9. The van der Waals surface area contributed by atoms with Crippen molar-refractivity contribution in [3.63, 3.8) is 0 Å². The second-order valence-electron chi connectivity index (χ2n) is 19.6. The number of alkyl halides is 6. The van der Waals surface area contributed by atoms with Gasteiger partial charge < -0.3 is 4.57 Å². The molecule has 0 fully saturated rings. The van der Waals surface area contributed by atoms with Gasteiger partial charge in [-0.1, -0.05) is 132 Å². The molecule has 0 aliphatic heterocycles. The fourth-order valence-electron chi connectivity index (χ4n) is 11.1. The molecule has 0 spiro atoms. The molecule has 3 nitrogen and oxygen atoms in total. The van der Waals surface area contributed by atoms with Gasteiger partial charge in [-0.05, 0) is 164 Å². The topological polar surface area (TPSA) is 30.7 Å². The highest BCUT2D eigenvalue weighted by molar-refractivity contribution is 6.13. The molecule has 0 aliphatic rings. The van der Waals surface area contributed by atoms with E-state index in [0.717, 1.165) is 113 Å².